The molecule has 5 nitrogen and oxygen atoms in total. The van der Waals surface area contributed by atoms with Gasteiger partial charge in [-0.25, -0.2) is 0 Å². The minimum Gasteiger partial charge on any atom is -0.354 e. The highest BCUT2D eigenvalue weighted by Crippen LogP contribution is 2.37. The van der Waals surface area contributed by atoms with Crippen molar-refractivity contribution >= 4 is 32.7 Å². The second-order valence-corrected chi connectivity index (χ2v) is 7.43. The summed E-state index contributed by atoms with van der Waals surface area (Å²) in [6.07, 6.45) is 0. The summed E-state index contributed by atoms with van der Waals surface area (Å²) in [5, 5.41) is 7.81. The number of benzene rings is 3. The third-order valence-electron chi connectivity index (χ3n) is 5.74. The van der Waals surface area contributed by atoms with Gasteiger partial charge < -0.3 is 14.5 Å². The van der Waals surface area contributed by atoms with Crippen LogP contribution in [0, 0.1) is 13.8 Å². The fraction of sp³-hybridized carbons (Fsp3) is 0.0833. The minimum absolute atomic E-state index is 0.505. The molecule has 0 amide bonds. The molecule has 6 aromatic rings. The lowest BCUT2D eigenvalue weighted by molar-refractivity contribution is 0.431. The van der Waals surface area contributed by atoms with E-state index in [1.54, 1.807) is 0 Å². The first-order valence-corrected chi connectivity index (χ1v) is 9.62. The maximum atomic E-state index is 5.60. The van der Waals surface area contributed by atoms with Crippen molar-refractivity contribution in [2.75, 3.05) is 0 Å². The average molecular weight is 378 g/mol. The highest BCUT2D eigenvalue weighted by molar-refractivity contribution is 6.14. The molecular formula is C24H18N4O. The van der Waals surface area contributed by atoms with Gasteiger partial charge in [0, 0.05) is 32.8 Å². The standard InChI is InChI=1S/C24H18N4O/c1-13-20-14(2)22(24-27-23(28-29-24)15-8-4-3-5-9-15)26-19(20)12-17-16-10-6-7-11-18(16)25-21(13)17/h3-12,25-26H,1-2H3. The van der Waals surface area contributed by atoms with Gasteiger partial charge in [-0.05, 0) is 37.1 Å². The summed E-state index contributed by atoms with van der Waals surface area (Å²) >= 11 is 0. The van der Waals surface area contributed by atoms with Crippen LogP contribution in [-0.2, 0) is 0 Å². The Balaban J connectivity index is 1.57. The van der Waals surface area contributed by atoms with E-state index >= 15 is 0 Å². The zero-order valence-corrected chi connectivity index (χ0v) is 16.1. The van der Waals surface area contributed by atoms with E-state index in [1.807, 2.05) is 30.3 Å². The molecule has 0 saturated carbocycles. The second-order valence-electron chi connectivity index (χ2n) is 7.43. The van der Waals surface area contributed by atoms with Crippen LogP contribution < -0.4 is 0 Å². The lowest BCUT2D eigenvalue weighted by Gasteiger charge is -2.01. The molecule has 0 unspecified atom stereocenters. The highest BCUT2D eigenvalue weighted by Gasteiger charge is 2.20. The number of rotatable bonds is 2. The van der Waals surface area contributed by atoms with E-state index in [4.69, 9.17) is 4.52 Å². The van der Waals surface area contributed by atoms with Crippen molar-refractivity contribution in [3.63, 3.8) is 0 Å². The Labute approximate surface area is 166 Å². The molecule has 3 aromatic heterocycles. The molecule has 29 heavy (non-hydrogen) atoms. The molecule has 3 aromatic carbocycles. The van der Waals surface area contributed by atoms with Gasteiger partial charge in [-0.1, -0.05) is 53.7 Å². The number of para-hydroxylation sites is 1. The number of aromatic amines is 2. The summed E-state index contributed by atoms with van der Waals surface area (Å²) in [6, 6.07) is 20.5. The Hall–Kier alpha value is -3.86. The molecule has 2 N–H and O–H groups in total. The molecule has 0 aliphatic heterocycles. The smallest absolute Gasteiger partial charge is 0.274 e. The van der Waals surface area contributed by atoms with Gasteiger partial charge in [-0.15, -0.1) is 0 Å². The minimum atomic E-state index is 0.505. The normalized spacial score (nSPS) is 11.8. The SMILES string of the molecule is Cc1c(-c2nc(-c3ccccc3)no2)[nH]c2cc3c([nH]c4ccccc43)c(C)c12. The fourth-order valence-electron chi connectivity index (χ4n) is 4.33. The Morgan fingerprint density at radius 2 is 1.59 bits per heavy atom. The van der Waals surface area contributed by atoms with Crippen molar-refractivity contribution in [1.82, 2.24) is 20.1 Å². The Morgan fingerprint density at radius 3 is 2.45 bits per heavy atom. The fourth-order valence-corrected chi connectivity index (χ4v) is 4.33. The van der Waals surface area contributed by atoms with Gasteiger partial charge in [-0.2, -0.15) is 4.98 Å². The van der Waals surface area contributed by atoms with E-state index in [1.165, 1.54) is 27.2 Å². The van der Waals surface area contributed by atoms with Crippen molar-refractivity contribution in [3.8, 4) is 23.0 Å². The van der Waals surface area contributed by atoms with Crippen molar-refractivity contribution in [1.29, 1.82) is 0 Å². The van der Waals surface area contributed by atoms with E-state index in [0.29, 0.717) is 11.7 Å². The lowest BCUT2D eigenvalue weighted by atomic mass is 10.0. The lowest BCUT2D eigenvalue weighted by Crippen LogP contribution is -1.83. The summed E-state index contributed by atoms with van der Waals surface area (Å²) in [7, 11) is 0. The van der Waals surface area contributed by atoms with Gasteiger partial charge in [0.1, 0.15) is 5.69 Å². The predicted molar refractivity (Wildman–Crippen MR) is 116 cm³/mol. The monoisotopic (exact) mass is 378 g/mol. The molecule has 140 valence electrons. The highest BCUT2D eigenvalue weighted by atomic mass is 16.5. The molecule has 0 radical (unpaired) electrons. The van der Waals surface area contributed by atoms with Crippen LogP contribution in [0.1, 0.15) is 11.1 Å². The number of aromatic nitrogens is 4. The summed E-state index contributed by atoms with van der Waals surface area (Å²) < 4.78 is 5.60. The molecule has 0 spiro atoms. The quantitative estimate of drug-likeness (QED) is 0.380. The van der Waals surface area contributed by atoms with Gasteiger partial charge in [-0.3, -0.25) is 0 Å². The number of nitrogens with zero attached hydrogens (tertiary/aromatic N) is 2. The number of hydrogen-bond donors (Lipinski definition) is 2. The van der Waals surface area contributed by atoms with E-state index in [9.17, 15) is 0 Å². The van der Waals surface area contributed by atoms with Crippen molar-refractivity contribution < 1.29 is 4.52 Å². The molecule has 0 aliphatic carbocycles. The number of H-pyrrole nitrogens is 2. The molecule has 3 heterocycles. The van der Waals surface area contributed by atoms with Crippen LogP contribution in [-0.4, -0.2) is 20.1 Å². The summed E-state index contributed by atoms with van der Waals surface area (Å²) in [5.41, 5.74) is 7.54. The Morgan fingerprint density at radius 1 is 0.793 bits per heavy atom. The first-order valence-electron chi connectivity index (χ1n) is 9.62. The average Bonchev–Trinajstić information content (AvgIpc) is 3.45. The van der Waals surface area contributed by atoms with Crippen LogP contribution in [0.2, 0.25) is 0 Å². The summed E-state index contributed by atoms with van der Waals surface area (Å²) in [6.45, 7) is 4.26. The molecule has 0 bridgehead atoms. The maximum absolute atomic E-state index is 5.60. The van der Waals surface area contributed by atoms with Gasteiger partial charge >= 0.3 is 0 Å². The van der Waals surface area contributed by atoms with E-state index in [2.05, 4.69) is 64.3 Å². The maximum Gasteiger partial charge on any atom is 0.274 e. The van der Waals surface area contributed by atoms with Crippen molar-refractivity contribution in [2.45, 2.75) is 13.8 Å². The summed E-state index contributed by atoms with van der Waals surface area (Å²) in [4.78, 5) is 11.7. The third kappa shape index (κ3) is 2.27. The molecule has 0 saturated heterocycles. The van der Waals surface area contributed by atoms with Crippen molar-refractivity contribution in [2.24, 2.45) is 0 Å². The van der Waals surface area contributed by atoms with Crippen molar-refractivity contribution in [3.05, 3.63) is 71.8 Å². The van der Waals surface area contributed by atoms with Crippen LogP contribution in [0.4, 0.5) is 0 Å². The number of nitrogens with one attached hydrogen (secondary N) is 2. The van der Waals surface area contributed by atoms with E-state index in [-0.39, 0.29) is 0 Å². The molecular weight excluding hydrogens is 360 g/mol. The largest absolute Gasteiger partial charge is 0.354 e. The van der Waals surface area contributed by atoms with Gasteiger partial charge in [0.15, 0.2) is 0 Å². The number of aryl methyl sites for hydroxylation is 2. The van der Waals surface area contributed by atoms with E-state index in [0.717, 1.165) is 27.9 Å². The number of hydrogen-bond acceptors (Lipinski definition) is 3. The van der Waals surface area contributed by atoms with Gasteiger partial charge in [0.2, 0.25) is 5.82 Å². The molecule has 5 heteroatoms. The number of fused-ring (bicyclic) bond motifs is 4. The van der Waals surface area contributed by atoms with Crippen LogP contribution in [0.25, 0.3) is 55.7 Å². The van der Waals surface area contributed by atoms with Crippen LogP contribution in [0.5, 0.6) is 0 Å². The predicted octanol–water partition coefficient (Wildman–Crippen LogP) is 6.14. The third-order valence-corrected chi connectivity index (χ3v) is 5.74. The van der Waals surface area contributed by atoms with Crippen LogP contribution in [0.3, 0.4) is 0 Å². The Bertz CT molecular complexity index is 1520. The molecule has 6 rings (SSSR count). The van der Waals surface area contributed by atoms with Gasteiger partial charge in [0.25, 0.3) is 5.89 Å². The zero-order valence-electron chi connectivity index (χ0n) is 16.1. The topological polar surface area (TPSA) is 70.5 Å². The Kier molecular flexibility index (Phi) is 3.23. The van der Waals surface area contributed by atoms with Gasteiger partial charge in [0.05, 0.1) is 5.52 Å². The molecule has 0 atom stereocenters. The summed E-state index contributed by atoms with van der Waals surface area (Å²) in [5.74, 6) is 1.10. The molecule has 0 fully saturated rings. The zero-order chi connectivity index (χ0) is 19.5. The first-order chi connectivity index (χ1) is 14.2. The molecule has 0 aliphatic rings. The first kappa shape index (κ1) is 16.1. The van der Waals surface area contributed by atoms with Crippen LogP contribution in [0.15, 0.2) is 65.2 Å². The second kappa shape index (κ2) is 5.82. The van der Waals surface area contributed by atoms with Crippen LogP contribution >= 0.6 is 0 Å². The van der Waals surface area contributed by atoms with E-state index < -0.39 is 0 Å².